The number of aromatic nitrogens is 2. The summed E-state index contributed by atoms with van der Waals surface area (Å²) >= 11 is 0. The molecular formula is C16H17N3O3S. The van der Waals surface area contributed by atoms with Gasteiger partial charge >= 0.3 is 0 Å². The first-order valence-electron chi connectivity index (χ1n) is 7.15. The minimum atomic E-state index is -3.62. The minimum absolute atomic E-state index is 0.000892. The van der Waals surface area contributed by atoms with Gasteiger partial charge in [-0.3, -0.25) is 9.40 Å². The second kappa shape index (κ2) is 6.02. The molecule has 3 aromatic rings. The van der Waals surface area contributed by atoms with Gasteiger partial charge < -0.3 is 5.11 Å². The number of sulfonamides is 1. The van der Waals surface area contributed by atoms with Crippen molar-refractivity contribution in [1.29, 1.82) is 0 Å². The summed E-state index contributed by atoms with van der Waals surface area (Å²) < 4.78 is 29.0. The van der Waals surface area contributed by atoms with Gasteiger partial charge in [-0.2, -0.15) is 5.10 Å². The van der Waals surface area contributed by atoms with Gasteiger partial charge in [-0.15, -0.1) is 0 Å². The lowest BCUT2D eigenvalue weighted by molar-refractivity contribution is 0.270. The molecule has 7 heteroatoms. The Hall–Kier alpha value is -2.38. The number of hydrogen-bond donors (Lipinski definition) is 2. The van der Waals surface area contributed by atoms with Gasteiger partial charge in [-0.25, -0.2) is 8.42 Å². The highest BCUT2D eigenvalue weighted by molar-refractivity contribution is 7.92. The Labute approximate surface area is 134 Å². The van der Waals surface area contributed by atoms with Gasteiger partial charge in [0.2, 0.25) is 0 Å². The molecule has 1 heterocycles. The molecule has 0 spiro atoms. The van der Waals surface area contributed by atoms with Crippen molar-refractivity contribution in [3.05, 3.63) is 54.2 Å². The maximum Gasteiger partial charge on any atom is 0.261 e. The molecule has 0 aliphatic heterocycles. The second-order valence-corrected chi connectivity index (χ2v) is 6.99. The molecule has 0 saturated carbocycles. The van der Waals surface area contributed by atoms with Crippen LogP contribution in [0.2, 0.25) is 0 Å². The van der Waals surface area contributed by atoms with Gasteiger partial charge in [0.1, 0.15) is 0 Å². The Morgan fingerprint density at radius 1 is 1.17 bits per heavy atom. The van der Waals surface area contributed by atoms with E-state index in [-0.39, 0.29) is 11.5 Å². The van der Waals surface area contributed by atoms with E-state index >= 15 is 0 Å². The molecule has 23 heavy (non-hydrogen) atoms. The van der Waals surface area contributed by atoms with Crippen molar-refractivity contribution in [3.63, 3.8) is 0 Å². The average Bonchev–Trinajstić information content (AvgIpc) is 2.89. The molecule has 1 aromatic heterocycles. The third kappa shape index (κ3) is 3.35. The predicted molar refractivity (Wildman–Crippen MR) is 88.8 cm³/mol. The number of rotatable bonds is 5. The number of nitrogens with zero attached hydrogens (tertiary/aromatic N) is 2. The first-order chi connectivity index (χ1) is 11.0. The van der Waals surface area contributed by atoms with Crippen LogP contribution in [0, 0.1) is 6.92 Å². The number of nitrogens with one attached hydrogen (secondary N) is 1. The predicted octanol–water partition coefficient (Wildman–Crippen LogP) is 2.14. The first kappa shape index (κ1) is 15.5. The highest BCUT2D eigenvalue weighted by Crippen LogP contribution is 2.21. The molecule has 0 fully saturated rings. The fourth-order valence-electron chi connectivity index (χ4n) is 2.29. The molecule has 0 atom stereocenters. The van der Waals surface area contributed by atoms with Crippen LogP contribution in [0.4, 0.5) is 5.69 Å². The van der Waals surface area contributed by atoms with Gasteiger partial charge in [-0.1, -0.05) is 17.7 Å². The number of fused-ring (bicyclic) bond motifs is 1. The molecule has 0 aliphatic rings. The summed E-state index contributed by atoms with van der Waals surface area (Å²) in [7, 11) is -3.62. The maximum absolute atomic E-state index is 12.4. The number of anilines is 1. The lowest BCUT2D eigenvalue weighted by Gasteiger charge is -2.08. The highest BCUT2D eigenvalue weighted by Gasteiger charge is 2.14. The Morgan fingerprint density at radius 3 is 2.61 bits per heavy atom. The third-order valence-electron chi connectivity index (χ3n) is 3.46. The molecule has 0 saturated heterocycles. The minimum Gasteiger partial charge on any atom is -0.394 e. The Bertz CT molecular complexity index is 931. The van der Waals surface area contributed by atoms with Crippen LogP contribution in [-0.4, -0.2) is 29.9 Å². The van der Waals surface area contributed by atoms with E-state index in [0.717, 1.165) is 16.5 Å². The summed E-state index contributed by atoms with van der Waals surface area (Å²) in [4.78, 5) is 0.221. The number of aliphatic hydroxyl groups is 1. The summed E-state index contributed by atoms with van der Waals surface area (Å²) in [6.45, 7) is 2.31. The molecule has 6 nitrogen and oxygen atoms in total. The standard InChI is InChI=1S/C16H17N3O3S/c1-12-2-5-15(6-3-12)23(21,22)18-14-4-7-16-13(10-14)11-19(17-16)8-9-20/h2-7,10-11,18,20H,8-9H2,1H3. The van der Waals surface area contributed by atoms with Gasteiger partial charge in [-0.05, 0) is 37.3 Å². The lowest BCUT2D eigenvalue weighted by Crippen LogP contribution is -2.12. The monoisotopic (exact) mass is 331 g/mol. The van der Waals surface area contributed by atoms with Crippen LogP contribution >= 0.6 is 0 Å². The topological polar surface area (TPSA) is 84.2 Å². The van der Waals surface area contributed by atoms with Crippen LogP contribution in [0.25, 0.3) is 10.9 Å². The smallest absolute Gasteiger partial charge is 0.261 e. The van der Waals surface area contributed by atoms with Crippen molar-refractivity contribution < 1.29 is 13.5 Å². The van der Waals surface area contributed by atoms with Crippen molar-refractivity contribution in [2.24, 2.45) is 0 Å². The number of hydrogen-bond acceptors (Lipinski definition) is 4. The van der Waals surface area contributed by atoms with E-state index in [9.17, 15) is 8.42 Å². The molecule has 0 unspecified atom stereocenters. The molecule has 3 rings (SSSR count). The van der Waals surface area contributed by atoms with E-state index in [0.29, 0.717) is 12.2 Å². The van der Waals surface area contributed by atoms with Crippen molar-refractivity contribution in [2.45, 2.75) is 18.4 Å². The zero-order valence-corrected chi connectivity index (χ0v) is 13.4. The number of benzene rings is 2. The molecule has 120 valence electrons. The fourth-order valence-corrected chi connectivity index (χ4v) is 3.34. The van der Waals surface area contributed by atoms with Crippen molar-refractivity contribution >= 4 is 26.6 Å². The summed E-state index contributed by atoms with van der Waals surface area (Å²) in [5, 5.41) is 14.0. The molecule has 0 amide bonds. The molecule has 2 N–H and O–H groups in total. The first-order valence-corrected chi connectivity index (χ1v) is 8.64. The van der Waals surface area contributed by atoms with E-state index in [1.54, 1.807) is 53.3 Å². The molecule has 0 aliphatic carbocycles. The van der Waals surface area contributed by atoms with Crippen LogP contribution in [0.3, 0.4) is 0 Å². The van der Waals surface area contributed by atoms with Crippen molar-refractivity contribution in [2.75, 3.05) is 11.3 Å². The van der Waals surface area contributed by atoms with Crippen LogP contribution in [0.5, 0.6) is 0 Å². The van der Waals surface area contributed by atoms with Crippen LogP contribution in [0.15, 0.2) is 53.6 Å². The average molecular weight is 331 g/mol. The van der Waals surface area contributed by atoms with Crippen molar-refractivity contribution in [3.8, 4) is 0 Å². The van der Waals surface area contributed by atoms with E-state index in [1.807, 2.05) is 6.92 Å². The molecule has 0 bridgehead atoms. The van der Waals surface area contributed by atoms with E-state index in [1.165, 1.54) is 0 Å². The summed E-state index contributed by atoms with van der Waals surface area (Å²) in [6.07, 6.45) is 1.77. The lowest BCUT2D eigenvalue weighted by atomic mass is 10.2. The third-order valence-corrected chi connectivity index (χ3v) is 4.86. The van der Waals surface area contributed by atoms with Gasteiger partial charge in [0.05, 0.1) is 23.6 Å². The van der Waals surface area contributed by atoms with Crippen LogP contribution in [-0.2, 0) is 16.6 Å². The quantitative estimate of drug-likeness (QED) is 0.750. The Balaban J connectivity index is 1.89. The normalized spacial score (nSPS) is 11.7. The number of aryl methyl sites for hydroxylation is 1. The number of aliphatic hydroxyl groups excluding tert-OH is 1. The SMILES string of the molecule is Cc1ccc(S(=O)(=O)Nc2ccc3nn(CCO)cc3c2)cc1. The van der Waals surface area contributed by atoms with Crippen LogP contribution in [0.1, 0.15) is 5.56 Å². The van der Waals surface area contributed by atoms with Crippen LogP contribution < -0.4 is 4.72 Å². The fraction of sp³-hybridized carbons (Fsp3) is 0.188. The van der Waals surface area contributed by atoms with E-state index in [4.69, 9.17) is 5.11 Å². The van der Waals surface area contributed by atoms with E-state index < -0.39 is 10.0 Å². The maximum atomic E-state index is 12.4. The molecule has 0 radical (unpaired) electrons. The van der Waals surface area contributed by atoms with E-state index in [2.05, 4.69) is 9.82 Å². The highest BCUT2D eigenvalue weighted by atomic mass is 32.2. The largest absolute Gasteiger partial charge is 0.394 e. The Morgan fingerprint density at radius 2 is 1.91 bits per heavy atom. The van der Waals surface area contributed by atoms with Gasteiger partial charge in [0.15, 0.2) is 0 Å². The molecule has 2 aromatic carbocycles. The zero-order chi connectivity index (χ0) is 16.4. The van der Waals surface area contributed by atoms with Crippen molar-refractivity contribution in [1.82, 2.24) is 9.78 Å². The summed E-state index contributed by atoms with van der Waals surface area (Å²) in [5.74, 6) is 0. The zero-order valence-electron chi connectivity index (χ0n) is 12.6. The molecular weight excluding hydrogens is 314 g/mol. The Kier molecular flexibility index (Phi) is 4.06. The second-order valence-electron chi connectivity index (χ2n) is 5.31. The summed E-state index contributed by atoms with van der Waals surface area (Å²) in [5.41, 5.74) is 2.22. The van der Waals surface area contributed by atoms with Gasteiger partial charge in [0.25, 0.3) is 10.0 Å². The van der Waals surface area contributed by atoms with Gasteiger partial charge in [0, 0.05) is 17.3 Å². The summed E-state index contributed by atoms with van der Waals surface area (Å²) in [6, 6.07) is 11.8.